The Bertz CT molecular complexity index is 668. The molecule has 3 nitrogen and oxygen atoms in total. The van der Waals surface area contributed by atoms with Gasteiger partial charge in [0.2, 0.25) is 0 Å². The molecule has 1 N–H and O–H groups in total. The number of hydrogen-bond donors (Lipinski definition) is 1. The highest BCUT2D eigenvalue weighted by Gasteiger charge is 2.30. The van der Waals surface area contributed by atoms with Crippen molar-refractivity contribution < 1.29 is 0 Å². The zero-order valence-electron chi connectivity index (χ0n) is 11.8. The molecule has 0 atom stereocenters. The summed E-state index contributed by atoms with van der Waals surface area (Å²) < 4.78 is 1.89. The molecular formula is C15H17Cl2N3. The summed E-state index contributed by atoms with van der Waals surface area (Å²) in [7, 11) is 0. The second-order valence-electron chi connectivity index (χ2n) is 6.09. The van der Waals surface area contributed by atoms with E-state index in [-0.39, 0.29) is 5.41 Å². The van der Waals surface area contributed by atoms with Crippen LogP contribution < -0.4 is 5.32 Å². The van der Waals surface area contributed by atoms with Crippen molar-refractivity contribution in [1.29, 1.82) is 0 Å². The van der Waals surface area contributed by atoms with Crippen molar-refractivity contribution in [1.82, 2.24) is 9.78 Å². The van der Waals surface area contributed by atoms with E-state index in [0.29, 0.717) is 10.0 Å². The van der Waals surface area contributed by atoms with Crippen LogP contribution in [0.2, 0.25) is 10.0 Å². The Kier molecular flexibility index (Phi) is 3.22. The van der Waals surface area contributed by atoms with Gasteiger partial charge in [-0.2, -0.15) is 5.10 Å². The lowest BCUT2D eigenvalue weighted by Crippen LogP contribution is -2.15. The Morgan fingerprint density at radius 1 is 1.25 bits per heavy atom. The summed E-state index contributed by atoms with van der Waals surface area (Å²) in [6.45, 7) is 7.47. The van der Waals surface area contributed by atoms with Gasteiger partial charge in [-0.15, -0.1) is 0 Å². The van der Waals surface area contributed by atoms with Crippen LogP contribution in [-0.4, -0.2) is 16.3 Å². The first-order valence-corrected chi connectivity index (χ1v) is 7.46. The second kappa shape index (κ2) is 4.68. The van der Waals surface area contributed by atoms with Crippen molar-refractivity contribution in [2.45, 2.75) is 32.6 Å². The summed E-state index contributed by atoms with van der Waals surface area (Å²) in [6, 6.07) is 5.62. The maximum absolute atomic E-state index is 6.33. The lowest BCUT2D eigenvalue weighted by atomic mass is 9.89. The molecule has 5 heteroatoms. The van der Waals surface area contributed by atoms with Crippen LogP contribution in [0.15, 0.2) is 18.2 Å². The van der Waals surface area contributed by atoms with Gasteiger partial charge in [-0.1, -0.05) is 50.0 Å². The highest BCUT2D eigenvalue weighted by Crippen LogP contribution is 2.37. The van der Waals surface area contributed by atoms with Crippen molar-refractivity contribution in [2.75, 3.05) is 11.9 Å². The lowest BCUT2D eigenvalue weighted by molar-refractivity contribution is 0.554. The van der Waals surface area contributed by atoms with Crippen molar-refractivity contribution in [2.24, 2.45) is 0 Å². The van der Waals surface area contributed by atoms with Gasteiger partial charge in [0, 0.05) is 17.5 Å². The van der Waals surface area contributed by atoms with Crippen LogP contribution in [0, 0.1) is 0 Å². The predicted octanol–water partition coefficient (Wildman–Crippen LogP) is 4.44. The molecule has 1 aliphatic heterocycles. The van der Waals surface area contributed by atoms with E-state index in [4.69, 9.17) is 28.3 Å². The number of nitrogens with one attached hydrogen (secondary N) is 1. The van der Waals surface area contributed by atoms with E-state index in [1.807, 2.05) is 16.8 Å². The lowest BCUT2D eigenvalue weighted by Gasteiger charge is -2.16. The largest absolute Gasteiger partial charge is 0.369 e. The minimum absolute atomic E-state index is 0.00635. The summed E-state index contributed by atoms with van der Waals surface area (Å²) in [5, 5.41) is 9.27. The predicted molar refractivity (Wildman–Crippen MR) is 84.5 cm³/mol. The van der Waals surface area contributed by atoms with Crippen LogP contribution in [0.25, 0.3) is 5.69 Å². The monoisotopic (exact) mass is 309 g/mol. The van der Waals surface area contributed by atoms with Gasteiger partial charge in [0.1, 0.15) is 5.82 Å². The third-order valence-electron chi connectivity index (χ3n) is 3.52. The van der Waals surface area contributed by atoms with Crippen molar-refractivity contribution >= 4 is 29.0 Å². The van der Waals surface area contributed by atoms with E-state index < -0.39 is 0 Å². The zero-order valence-corrected chi connectivity index (χ0v) is 13.3. The molecule has 0 saturated heterocycles. The summed E-state index contributed by atoms with van der Waals surface area (Å²) in [4.78, 5) is 0. The fourth-order valence-electron chi connectivity index (χ4n) is 2.61. The fraction of sp³-hybridized carbons (Fsp3) is 0.400. The number of fused-ring (bicyclic) bond motifs is 1. The summed E-state index contributed by atoms with van der Waals surface area (Å²) in [5.41, 5.74) is 3.23. The van der Waals surface area contributed by atoms with Crippen molar-refractivity contribution in [3.05, 3.63) is 39.5 Å². The molecule has 0 radical (unpaired) electrons. The van der Waals surface area contributed by atoms with Crippen LogP contribution in [0.3, 0.4) is 0 Å². The summed E-state index contributed by atoms with van der Waals surface area (Å²) >= 11 is 12.5. The Labute approximate surface area is 128 Å². The van der Waals surface area contributed by atoms with Crippen LogP contribution >= 0.6 is 23.2 Å². The van der Waals surface area contributed by atoms with E-state index in [9.17, 15) is 0 Å². The normalized spacial score (nSPS) is 14.2. The number of benzene rings is 1. The van der Waals surface area contributed by atoms with Gasteiger partial charge in [-0.25, -0.2) is 4.68 Å². The molecule has 0 fully saturated rings. The van der Waals surface area contributed by atoms with Gasteiger partial charge < -0.3 is 5.32 Å². The van der Waals surface area contributed by atoms with Gasteiger partial charge in [0.25, 0.3) is 0 Å². The maximum Gasteiger partial charge on any atom is 0.133 e. The minimum Gasteiger partial charge on any atom is -0.369 e. The number of halogens is 2. The van der Waals surface area contributed by atoms with Crippen LogP contribution in [0.1, 0.15) is 32.0 Å². The summed E-state index contributed by atoms with van der Waals surface area (Å²) in [6.07, 6.45) is 1.00. The van der Waals surface area contributed by atoms with E-state index in [1.54, 1.807) is 6.07 Å². The average Bonchev–Trinajstić information content (AvgIpc) is 2.93. The molecule has 1 aromatic heterocycles. The van der Waals surface area contributed by atoms with E-state index >= 15 is 0 Å². The number of aromatic nitrogens is 2. The fourth-order valence-corrected chi connectivity index (χ4v) is 2.98. The Hall–Kier alpha value is -1.19. The van der Waals surface area contributed by atoms with Crippen molar-refractivity contribution in [3.63, 3.8) is 0 Å². The van der Waals surface area contributed by atoms with Gasteiger partial charge in [-0.3, -0.25) is 0 Å². The molecule has 1 aliphatic rings. The molecule has 0 unspecified atom stereocenters. The quantitative estimate of drug-likeness (QED) is 0.843. The Balaban J connectivity index is 2.23. The summed E-state index contributed by atoms with van der Waals surface area (Å²) in [5.74, 6) is 1.04. The molecule has 0 aliphatic carbocycles. The van der Waals surface area contributed by atoms with Crippen molar-refractivity contribution in [3.8, 4) is 5.69 Å². The third kappa shape index (κ3) is 2.09. The number of nitrogens with zero attached hydrogens (tertiary/aromatic N) is 2. The molecule has 0 spiro atoms. The molecule has 0 amide bonds. The molecule has 3 rings (SSSR count). The smallest absolute Gasteiger partial charge is 0.133 e. The number of rotatable bonds is 1. The molecule has 2 aromatic rings. The van der Waals surface area contributed by atoms with Gasteiger partial charge in [0.15, 0.2) is 0 Å². The topological polar surface area (TPSA) is 29.9 Å². The molecule has 0 saturated carbocycles. The first-order chi connectivity index (χ1) is 9.39. The van der Waals surface area contributed by atoms with E-state index in [0.717, 1.165) is 30.2 Å². The Morgan fingerprint density at radius 3 is 2.70 bits per heavy atom. The first-order valence-electron chi connectivity index (χ1n) is 6.70. The molecule has 0 bridgehead atoms. The van der Waals surface area contributed by atoms with E-state index in [1.165, 1.54) is 5.56 Å². The van der Waals surface area contributed by atoms with Gasteiger partial charge in [-0.05, 0) is 18.6 Å². The number of hydrogen-bond acceptors (Lipinski definition) is 2. The van der Waals surface area contributed by atoms with Crippen LogP contribution in [0.4, 0.5) is 5.82 Å². The van der Waals surface area contributed by atoms with Crippen LogP contribution in [-0.2, 0) is 11.8 Å². The highest BCUT2D eigenvalue weighted by molar-refractivity contribution is 6.43. The average molecular weight is 310 g/mol. The number of anilines is 1. The van der Waals surface area contributed by atoms with E-state index in [2.05, 4.69) is 26.1 Å². The second-order valence-corrected chi connectivity index (χ2v) is 6.87. The SMILES string of the molecule is CC(C)(C)c1nn(-c2cccc(Cl)c2Cl)c2c1CCN2. The molecule has 1 aromatic carbocycles. The molecular weight excluding hydrogens is 293 g/mol. The third-order valence-corrected chi connectivity index (χ3v) is 4.33. The minimum atomic E-state index is 0.00635. The highest BCUT2D eigenvalue weighted by atomic mass is 35.5. The Morgan fingerprint density at radius 2 is 2.00 bits per heavy atom. The molecule has 20 heavy (non-hydrogen) atoms. The van der Waals surface area contributed by atoms with Gasteiger partial charge >= 0.3 is 0 Å². The van der Waals surface area contributed by atoms with Crippen LogP contribution in [0.5, 0.6) is 0 Å². The van der Waals surface area contributed by atoms with Gasteiger partial charge in [0.05, 0.1) is 21.4 Å². The standard InChI is InChI=1S/C15H17Cl2N3/c1-15(2,3)13-9-7-8-18-14(9)20(19-13)11-6-4-5-10(16)12(11)17/h4-6,18H,7-8H2,1-3H3. The maximum atomic E-state index is 6.33. The molecule has 106 valence electrons. The first kappa shape index (κ1) is 13.8. The molecule has 2 heterocycles. The zero-order chi connectivity index (χ0) is 14.5.